The van der Waals surface area contributed by atoms with Crippen LogP contribution < -0.4 is 10.4 Å². The van der Waals surface area contributed by atoms with Gasteiger partial charge in [0.15, 0.2) is 0 Å². The van der Waals surface area contributed by atoms with Crippen LogP contribution in [0.1, 0.15) is 12.5 Å². The summed E-state index contributed by atoms with van der Waals surface area (Å²) in [4.78, 5) is 0.966. The molecule has 1 rings (SSSR count). The van der Waals surface area contributed by atoms with Crippen LogP contribution in [0.25, 0.3) is 12.7 Å². The van der Waals surface area contributed by atoms with E-state index in [2.05, 4.69) is 44.3 Å². The molecule has 0 fully saturated rings. The maximum absolute atomic E-state index is 4.29. The van der Waals surface area contributed by atoms with Crippen LogP contribution in [-0.2, 0) is 0 Å². The quantitative estimate of drug-likeness (QED) is 0.644. The largest absolute Gasteiger partial charge is 0.144 e. The van der Waals surface area contributed by atoms with Crippen molar-refractivity contribution in [2.45, 2.75) is 13.8 Å². The van der Waals surface area contributed by atoms with E-state index in [0.29, 0.717) is 0 Å². The van der Waals surface area contributed by atoms with Gasteiger partial charge in [0.1, 0.15) is 0 Å². The van der Waals surface area contributed by atoms with E-state index in [9.17, 15) is 0 Å². The molecule has 0 heterocycles. The molecule has 0 atom stereocenters. The lowest BCUT2D eigenvalue weighted by Crippen LogP contribution is -2.22. The number of thiol groups is 1. The Morgan fingerprint density at radius 3 is 2.69 bits per heavy atom. The van der Waals surface area contributed by atoms with Gasteiger partial charge in [-0.05, 0) is 30.4 Å². The molecule has 0 unspecified atom stereocenters. The monoisotopic (exact) mass is 190 g/mol. The summed E-state index contributed by atoms with van der Waals surface area (Å²) in [6, 6.07) is 6.22. The van der Waals surface area contributed by atoms with Crippen LogP contribution >= 0.6 is 12.6 Å². The Hall–Kier alpha value is -0.950. The van der Waals surface area contributed by atoms with Gasteiger partial charge in [-0.2, -0.15) is 0 Å². The minimum absolute atomic E-state index is 0.966. The molecular weight excluding hydrogens is 176 g/mol. The third-order valence-electron chi connectivity index (χ3n) is 1.90. The van der Waals surface area contributed by atoms with E-state index in [0.717, 1.165) is 15.3 Å². The fraction of sp³-hybridized carbons (Fsp3) is 0.167. The zero-order valence-electron chi connectivity index (χ0n) is 8.04. The zero-order valence-corrected chi connectivity index (χ0v) is 8.94. The maximum Gasteiger partial charge on any atom is 0.000339 e. The summed E-state index contributed by atoms with van der Waals surface area (Å²) in [6.07, 6.45) is 3.98. The minimum atomic E-state index is 0.966. The topological polar surface area (TPSA) is 0 Å². The molecule has 0 aliphatic heterocycles. The molecule has 0 spiro atoms. The minimum Gasteiger partial charge on any atom is -0.144 e. The maximum atomic E-state index is 4.29. The van der Waals surface area contributed by atoms with Crippen molar-refractivity contribution in [3.8, 4) is 0 Å². The second-order valence-electron chi connectivity index (χ2n) is 3.06. The average molecular weight is 190 g/mol. The molecule has 13 heavy (non-hydrogen) atoms. The van der Waals surface area contributed by atoms with Crippen molar-refractivity contribution in [3.63, 3.8) is 0 Å². The molecule has 0 radical (unpaired) electrons. The van der Waals surface area contributed by atoms with Crippen LogP contribution in [0.4, 0.5) is 0 Å². The molecule has 0 amide bonds. The Balaban J connectivity index is 3.32. The Labute approximate surface area is 84.7 Å². The highest BCUT2D eigenvalue weighted by molar-refractivity contribution is 7.85. The highest BCUT2D eigenvalue weighted by atomic mass is 32.1. The molecule has 0 aliphatic carbocycles. The van der Waals surface area contributed by atoms with Crippen LogP contribution in [0, 0.1) is 6.92 Å². The van der Waals surface area contributed by atoms with E-state index in [1.54, 1.807) is 0 Å². The van der Waals surface area contributed by atoms with Crippen LogP contribution in [0.5, 0.6) is 0 Å². The lowest BCUT2D eigenvalue weighted by atomic mass is 10.2. The van der Waals surface area contributed by atoms with Gasteiger partial charge >= 0.3 is 0 Å². The van der Waals surface area contributed by atoms with E-state index >= 15 is 0 Å². The lowest BCUT2D eigenvalue weighted by molar-refractivity contribution is 1.41. The SMILES string of the molecule is C=c1cc(C)cc/c1=C/C(S)=C\C. The summed E-state index contributed by atoms with van der Waals surface area (Å²) in [7, 11) is 0. The first-order valence-corrected chi connectivity index (χ1v) is 4.71. The fourth-order valence-corrected chi connectivity index (χ4v) is 1.26. The van der Waals surface area contributed by atoms with Gasteiger partial charge in [0, 0.05) is 4.91 Å². The molecule has 0 aliphatic rings. The highest BCUT2D eigenvalue weighted by Gasteiger charge is 1.86. The first-order valence-electron chi connectivity index (χ1n) is 4.26. The smallest absolute Gasteiger partial charge is 0.000339 e. The van der Waals surface area contributed by atoms with Crippen LogP contribution in [0.15, 0.2) is 29.2 Å². The molecule has 1 aromatic rings. The highest BCUT2D eigenvalue weighted by Crippen LogP contribution is 1.99. The third kappa shape index (κ3) is 2.78. The van der Waals surface area contributed by atoms with Gasteiger partial charge in [0.25, 0.3) is 0 Å². The fourth-order valence-electron chi connectivity index (χ4n) is 1.12. The summed E-state index contributed by atoms with van der Waals surface area (Å²) >= 11 is 4.29. The Morgan fingerprint density at radius 2 is 2.15 bits per heavy atom. The molecule has 1 aromatic carbocycles. The van der Waals surface area contributed by atoms with Crippen molar-refractivity contribution in [2.24, 2.45) is 0 Å². The van der Waals surface area contributed by atoms with Crippen LogP contribution in [-0.4, -0.2) is 0 Å². The predicted octanol–water partition coefficient (Wildman–Crippen LogP) is 2.02. The number of hydrogen-bond donors (Lipinski definition) is 1. The molecule has 0 nitrogen and oxygen atoms in total. The van der Waals surface area contributed by atoms with Crippen molar-refractivity contribution in [1.29, 1.82) is 0 Å². The van der Waals surface area contributed by atoms with E-state index in [1.807, 2.05) is 19.1 Å². The van der Waals surface area contributed by atoms with Crippen LogP contribution in [0.3, 0.4) is 0 Å². The average Bonchev–Trinajstić information content (AvgIpc) is 2.09. The first-order chi connectivity index (χ1) is 6.13. The summed E-state index contributed by atoms with van der Waals surface area (Å²) in [5.74, 6) is 0. The normalized spacial score (nSPS) is 13.5. The number of aryl methyl sites for hydroxylation is 1. The van der Waals surface area contributed by atoms with E-state index in [1.165, 1.54) is 5.56 Å². The van der Waals surface area contributed by atoms with E-state index < -0.39 is 0 Å². The van der Waals surface area contributed by atoms with Crippen LogP contribution in [0.2, 0.25) is 0 Å². The molecule has 0 aromatic heterocycles. The van der Waals surface area contributed by atoms with Crippen molar-refractivity contribution in [3.05, 3.63) is 45.2 Å². The standard InChI is InChI=1S/C12H14S/c1-4-12(13)8-11-6-5-9(2)7-10(11)3/h4-8,13H,3H2,1-2H3/b11-8-,12-4+. The van der Waals surface area contributed by atoms with Gasteiger partial charge in [-0.25, -0.2) is 0 Å². The summed E-state index contributed by atoms with van der Waals surface area (Å²) in [6.45, 7) is 8.01. The van der Waals surface area contributed by atoms with Gasteiger partial charge in [-0.3, -0.25) is 0 Å². The number of allylic oxidation sites excluding steroid dienone is 2. The molecule has 0 saturated heterocycles. The van der Waals surface area contributed by atoms with Gasteiger partial charge < -0.3 is 0 Å². The second-order valence-corrected chi connectivity index (χ2v) is 3.58. The van der Waals surface area contributed by atoms with E-state index in [-0.39, 0.29) is 0 Å². The van der Waals surface area contributed by atoms with Crippen molar-refractivity contribution < 1.29 is 0 Å². The Kier molecular flexibility index (Phi) is 3.38. The number of benzene rings is 1. The van der Waals surface area contributed by atoms with Gasteiger partial charge in [-0.15, -0.1) is 12.6 Å². The number of rotatable bonds is 1. The van der Waals surface area contributed by atoms with Crippen molar-refractivity contribution in [1.82, 2.24) is 0 Å². The van der Waals surface area contributed by atoms with Crippen molar-refractivity contribution in [2.75, 3.05) is 0 Å². The summed E-state index contributed by atoms with van der Waals surface area (Å²) in [5, 5.41) is 2.18. The third-order valence-corrected chi connectivity index (χ3v) is 2.28. The van der Waals surface area contributed by atoms with Gasteiger partial charge in [0.05, 0.1) is 0 Å². The molecule has 0 saturated carbocycles. The molecular formula is C12H14S. The summed E-state index contributed by atoms with van der Waals surface area (Å²) in [5.41, 5.74) is 1.24. The van der Waals surface area contributed by atoms with Crippen molar-refractivity contribution >= 4 is 25.3 Å². The lowest BCUT2D eigenvalue weighted by Gasteiger charge is -1.93. The zero-order chi connectivity index (χ0) is 9.84. The molecule has 0 N–H and O–H groups in total. The Bertz CT molecular complexity index is 427. The molecule has 68 valence electrons. The first kappa shape index (κ1) is 10.1. The predicted molar refractivity (Wildman–Crippen MR) is 63.2 cm³/mol. The number of hydrogen-bond acceptors (Lipinski definition) is 1. The molecule has 0 bridgehead atoms. The summed E-state index contributed by atoms with van der Waals surface area (Å²) < 4.78 is 0. The van der Waals surface area contributed by atoms with Gasteiger partial charge in [-0.1, -0.05) is 36.4 Å². The van der Waals surface area contributed by atoms with Gasteiger partial charge in [0.2, 0.25) is 0 Å². The van der Waals surface area contributed by atoms with E-state index in [4.69, 9.17) is 0 Å². The molecule has 1 heteroatoms. The Morgan fingerprint density at radius 1 is 1.46 bits per heavy atom. The second kappa shape index (κ2) is 4.33.